The van der Waals surface area contributed by atoms with Crippen LogP contribution in [-0.2, 0) is 4.79 Å². The normalized spacial score (nSPS) is 14.6. The smallest absolute Gasteiger partial charge is 0.234 e. The summed E-state index contributed by atoms with van der Waals surface area (Å²) < 4.78 is 11.4. The monoisotopic (exact) mass is 459 g/mol. The third-order valence-corrected chi connectivity index (χ3v) is 7.41. The third kappa shape index (κ3) is 5.19. The van der Waals surface area contributed by atoms with Crippen LogP contribution in [0, 0.1) is 5.92 Å². The number of thioether (sulfide) groups is 1. The van der Waals surface area contributed by atoms with Crippen molar-refractivity contribution in [2.75, 3.05) is 43.3 Å². The fourth-order valence-electron chi connectivity index (χ4n) is 3.37. The summed E-state index contributed by atoms with van der Waals surface area (Å²) in [5, 5.41) is 4.65. The van der Waals surface area contributed by atoms with Gasteiger partial charge in [-0.3, -0.25) is 4.79 Å². The lowest BCUT2D eigenvalue weighted by Gasteiger charge is -2.29. The largest absolute Gasteiger partial charge is 0.497 e. The first-order valence-corrected chi connectivity index (χ1v) is 11.9. The number of piperidine rings is 1. The number of methoxy groups -OCH3 is 2. The molecule has 0 radical (unpaired) electrons. The molecule has 1 aliphatic heterocycles. The minimum absolute atomic E-state index is 0.137. The van der Waals surface area contributed by atoms with E-state index in [9.17, 15) is 4.79 Å². The first-order chi connectivity index (χ1) is 15.1. The van der Waals surface area contributed by atoms with Crippen LogP contribution >= 0.6 is 23.1 Å². The zero-order valence-corrected chi connectivity index (χ0v) is 19.4. The van der Waals surface area contributed by atoms with Gasteiger partial charge in [0.05, 0.1) is 20.0 Å². The van der Waals surface area contributed by atoms with Gasteiger partial charge in [-0.2, -0.15) is 4.98 Å². The van der Waals surface area contributed by atoms with Gasteiger partial charge in [0.25, 0.3) is 0 Å². The number of benzene rings is 1. The van der Waals surface area contributed by atoms with Gasteiger partial charge in [0.2, 0.25) is 5.91 Å². The van der Waals surface area contributed by atoms with Crippen LogP contribution in [0.3, 0.4) is 0 Å². The molecule has 1 N–H and O–H groups in total. The van der Waals surface area contributed by atoms with Crippen LogP contribution in [0.4, 0.5) is 10.8 Å². The van der Waals surface area contributed by atoms with Crippen molar-refractivity contribution in [1.82, 2.24) is 15.0 Å². The fourth-order valence-corrected chi connectivity index (χ4v) is 5.31. The molecule has 2 aromatic heterocycles. The highest BCUT2D eigenvalue weighted by Gasteiger charge is 2.21. The van der Waals surface area contributed by atoms with Crippen LogP contribution in [0.5, 0.6) is 11.5 Å². The number of rotatable bonds is 7. The predicted molar refractivity (Wildman–Crippen MR) is 125 cm³/mol. The number of ether oxygens (including phenoxy) is 2. The van der Waals surface area contributed by atoms with Crippen molar-refractivity contribution in [2.24, 2.45) is 5.92 Å². The summed E-state index contributed by atoms with van der Waals surface area (Å²) in [6.07, 6.45) is 3.87. The maximum atomic E-state index is 12.5. The molecule has 10 heteroatoms. The maximum Gasteiger partial charge on any atom is 0.234 e. The summed E-state index contributed by atoms with van der Waals surface area (Å²) >= 11 is 2.99. The highest BCUT2D eigenvalue weighted by Crippen LogP contribution is 2.35. The molecule has 1 amide bonds. The van der Waals surface area contributed by atoms with E-state index in [1.165, 1.54) is 30.9 Å². The molecule has 164 valence electrons. The number of amides is 1. The van der Waals surface area contributed by atoms with Gasteiger partial charge in [-0.25, -0.2) is 9.97 Å². The molecule has 1 aliphatic rings. The van der Waals surface area contributed by atoms with Crippen molar-refractivity contribution in [1.29, 1.82) is 0 Å². The number of nitrogens with zero attached hydrogens (tertiary/aromatic N) is 4. The van der Waals surface area contributed by atoms with Crippen LogP contribution in [0.25, 0.3) is 10.3 Å². The van der Waals surface area contributed by atoms with Crippen molar-refractivity contribution >= 4 is 50.2 Å². The molecular weight excluding hydrogens is 434 g/mol. The van der Waals surface area contributed by atoms with Crippen LogP contribution < -0.4 is 19.7 Å². The Balaban J connectivity index is 1.43. The minimum atomic E-state index is -0.137. The number of carbonyl (C=O) groups excluding carboxylic acids is 1. The number of carbonyl (C=O) groups is 1. The summed E-state index contributed by atoms with van der Waals surface area (Å²) in [7, 11) is 3.15. The lowest BCUT2D eigenvalue weighted by Crippen LogP contribution is -2.32. The molecule has 8 nitrogen and oxygen atoms in total. The van der Waals surface area contributed by atoms with Gasteiger partial charge >= 0.3 is 0 Å². The van der Waals surface area contributed by atoms with Crippen LogP contribution in [-0.4, -0.2) is 53.9 Å². The molecule has 1 aromatic carbocycles. The summed E-state index contributed by atoms with van der Waals surface area (Å²) in [4.78, 5) is 28.3. The number of thiazole rings is 1. The standard InChI is InChI=1S/C21H25N5O3S2/c1-13-4-6-26(7-5-13)21-25-19-18(31-21)20(23-12-22-19)30-11-17(27)24-14-8-15(28-2)10-16(9-14)29-3/h8-10,12-13H,4-7,11H2,1-3H3,(H,24,27). The second-order valence-corrected chi connectivity index (χ2v) is 9.38. The third-order valence-electron chi connectivity index (χ3n) is 5.18. The Labute approximate surface area is 189 Å². The summed E-state index contributed by atoms with van der Waals surface area (Å²) in [6.45, 7) is 4.33. The van der Waals surface area contributed by atoms with Crippen molar-refractivity contribution in [3.63, 3.8) is 0 Å². The molecule has 0 unspecified atom stereocenters. The van der Waals surface area contributed by atoms with E-state index in [1.807, 2.05) is 0 Å². The van der Waals surface area contributed by atoms with E-state index in [1.54, 1.807) is 43.8 Å². The van der Waals surface area contributed by atoms with Crippen molar-refractivity contribution in [3.8, 4) is 11.5 Å². The van der Waals surface area contributed by atoms with E-state index >= 15 is 0 Å². The summed E-state index contributed by atoms with van der Waals surface area (Å²) in [5.74, 6) is 2.08. The maximum absolute atomic E-state index is 12.5. The van der Waals surface area contributed by atoms with E-state index in [4.69, 9.17) is 14.5 Å². The van der Waals surface area contributed by atoms with Gasteiger partial charge < -0.3 is 19.7 Å². The van der Waals surface area contributed by atoms with E-state index in [0.29, 0.717) is 22.8 Å². The van der Waals surface area contributed by atoms with Gasteiger partial charge in [0.1, 0.15) is 27.6 Å². The molecule has 0 bridgehead atoms. The minimum Gasteiger partial charge on any atom is -0.497 e. The molecule has 3 heterocycles. The lowest BCUT2D eigenvalue weighted by molar-refractivity contribution is -0.113. The van der Waals surface area contributed by atoms with E-state index in [-0.39, 0.29) is 11.7 Å². The van der Waals surface area contributed by atoms with Crippen LogP contribution in [0.1, 0.15) is 19.8 Å². The molecule has 31 heavy (non-hydrogen) atoms. The lowest BCUT2D eigenvalue weighted by atomic mass is 10.00. The predicted octanol–water partition coefficient (Wildman–Crippen LogP) is 4.07. The van der Waals surface area contributed by atoms with Gasteiger partial charge in [0, 0.05) is 37.0 Å². The molecule has 0 spiro atoms. The zero-order valence-electron chi connectivity index (χ0n) is 17.8. The molecule has 0 atom stereocenters. The number of nitrogens with one attached hydrogen (secondary N) is 1. The highest BCUT2D eigenvalue weighted by atomic mass is 32.2. The fraction of sp³-hybridized carbons (Fsp3) is 0.429. The molecular formula is C21H25N5O3S2. The van der Waals surface area contributed by atoms with Crippen molar-refractivity contribution < 1.29 is 14.3 Å². The Morgan fingerprint density at radius 1 is 1.19 bits per heavy atom. The molecule has 4 rings (SSSR count). The average Bonchev–Trinajstić information content (AvgIpc) is 3.22. The quantitative estimate of drug-likeness (QED) is 0.418. The molecule has 0 aliphatic carbocycles. The van der Waals surface area contributed by atoms with Gasteiger partial charge in [-0.05, 0) is 18.8 Å². The van der Waals surface area contributed by atoms with Crippen molar-refractivity contribution in [3.05, 3.63) is 24.5 Å². The Morgan fingerprint density at radius 3 is 2.58 bits per heavy atom. The number of hydrogen-bond acceptors (Lipinski definition) is 9. The molecule has 0 saturated carbocycles. The second kappa shape index (κ2) is 9.69. The Kier molecular flexibility index (Phi) is 6.77. The Hall–Kier alpha value is -2.59. The zero-order chi connectivity index (χ0) is 21.8. The number of anilines is 2. The second-order valence-electron chi connectivity index (χ2n) is 7.44. The van der Waals surface area contributed by atoms with Gasteiger partial charge in [-0.1, -0.05) is 30.0 Å². The number of aromatic nitrogens is 3. The summed E-state index contributed by atoms with van der Waals surface area (Å²) in [5.41, 5.74) is 1.31. The van der Waals surface area contributed by atoms with E-state index in [0.717, 1.165) is 33.9 Å². The van der Waals surface area contributed by atoms with Crippen molar-refractivity contribution in [2.45, 2.75) is 24.8 Å². The first-order valence-electron chi connectivity index (χ1n) is 10.1. The number of fused-ring (bicyclic) bond motifs is 1. The highest BCUT2D eigenvalue weighted by molar-refractivity contribution is 8.00. The molecule has 1 saturated heterocycles. The van der Waals surface area contributed by atoms with E-state index < -0.39 is 0 Å². The van der Waals surface area contributed by atoms with Gasteiger partial charge in [-0.15, -0.1) is 0 Å². The Bertz CT molecular complexity index is 1040. The van der Waals surface area contributed by atoms with E-state index in [2.05, 4.69) is 27.1 Å². The SMILES string of the molecule is COc1cc(NC(=O)CSc2ncnc3nc(N4CCC(C)CC4)sc23)cc(OC)c1. The van der Waals surface area contributed by atoms with Crippen LogP contribution in [0.2, 0.25) is 0 Å². The average molecular weight is 460 g/mol. The topological polar surface area (TPSA) is 89.5 Å². The Morgan fingerprint density at radius 2 is 1.90 bits per heavy atom. The molecule has 1 fully saturated rings. The van der Waals surface area contributed by atoms with Gasteiger partial charge in [0.15, 0.2) is 10.8 Å². The first kappa shape index (κ1) is 21.6. The molecule has 3 aromatic rings. The number of hydrogen-bond donors (Lipinski definition) is 1. The van der Waals surface area contributed by atoms with Crippen LogP contribution in [0.15, 0.2) is 29.6 Å². The summed E-state index contributed by atoms with van der Waals surface area (Å²) in [6, 6.07) is 5.26.